The minimum absolute atomic E-state index is 0.0120. The topological polar surface area (TPSA) is 115 Å². The van der Waals surface area contributed by atoms with E-state index in [1.807, 2.05) is 6.92 Å². The molecule has 1 saturated heterocycles. The van der Waals surface area contributed by atoms with E-state index >= 15 is 0 Å². The number of hydrogen-bond donors (Lipinski definition) is 1. The SMILES string of the molecule is CCCOC(=O)c1cccc(N2C(=O)C(=O)/C(=C(/O)c3cc(Cl)c(OC)c(Cl)c3OC)C2c2ccccn2)c1. The number of ketones is 1. The van der Waals surface area contributed by atoms with Crippen LogP contribution in [0.25, 0.3) is 5.76 Å². The number of ether oxygens (including phenoxy) is 3. The molecule has 39 heavy (non-hydrogen) atoms. The van der Waals surface area contributed by atoms with Crippen molar-refractivity contribution in [3.8, 4) is 11.5 Å². The Morgan fingerprint density at radius 1 is 1.05 bits per heavy atom. The molecule has 0 radical (unpaired) electrons. The molecule has 1 aliphatic heterocycles. The third-order valence-electron chi connectivity index (χ3n) is 6.00. The van der Waals surface area contributed by atoms with Crippen molar-refractivity contribution in [1.29, 1.82) is 0 Å². The molecule has 1 N–H and O–H groups in total. The summed E-state index contributed by atoms with van der Waals surface area (Å²) in [6.07, 6.45) is 2.14. The Kier molecular flexibility index (Phi) is 8.42. The van der Waals surface area contributed by atoms with E-state index in [9.17, 15) is 19.5 Å². The molecule has 1 unspecified atom stereocenters. The second-order valence-electron chi connectivity index (χ2n) is 8.40. The van der Waals surface area contributed by atoms with Crippen LogP contribution in [0.1, 0.15) is 41.0 Å². The fourth-order valence-electron chi connectivity index (χ4n) is 4.27. The average molecular weight is 571 g/mol. The Morgan fingerprint density at radius 3 is 2.44 bits per heavy atom. The minimum atomic E-state index is -1.16. The quantitative estimate of drug-likeness (QED) is 0.161. The standard InChI is InChI=1S/C28H24Cl2N2O7/c1-4-12-39-28(36)15-8-7-9-16(13-15)32-22(19-10-5-6-11-31-19)20(24(34)27(32)35)23(33)17-14-18(29)26(38-3)21(30)25(17)37-2/h5-11,13-14,22,33H,4,12H2,1-3H3/b23-20+. The van der Waals surface area contributed by atoms with Crippen LogP contribution in [0.15, 0.2) is 60.3 Å². The summed E-state index contributed by atoms with van der Waals surface area (Å²) in [4.78, 5) is 45.0. The molecule has 0 saturated carbocycles. The van der Waals surface area contributed by atoms with Crippen molar-refractivity contribution >= 4 is 52.3 Å². The number of pyridine rings is 1. The van der Waals surface area contributed by atoms with Gasteiger partial charge in [-0.05, 0) is 42.8 Å². The van der Waals surface area contributed by atoms with Crippen LogP contribution in [0, 0.1) is 0 Å². The maximum absolute atomic E-state index is 13.5. The monoisotopic (exact) mass is 570 g/mol. The van der Waals surface area contributed by atoms with Gasteiger partial charge in [-0.15, -0.1) is 0 Å². The molecule has 4 rings (SSSR count). The number of halogens is 2. The van der Waals surface area contributed by atoms with Gasteiger partial charge < -0.3 is 19.3 Å². The Morgan fingerprint density at radius 2 is 1.79 bits per heavy atom. The largest absolute Gasteiger partial charge is 0.507 e. The van der Waals surface area contributed by atoms with Crippen LogP contribution >= 0.6 is 23.2 Å². The van der Waals surface area contributed by atoms with Crippen molar-refractivity contribution in [2.75, 3.05) is 25.7 Å². The Labute approximate surface area is 234 Å². The van der Waals surface area contributed by atoms with E-state index in [-0.39, 0.29) is 50.5 Å². The number of anilines is 1. The number of carbonyl (C=O) groups excluding carboxylic acids is 3. The maximum atomic E-state index is 13.5. The molecule has 1 aliphatic rings. The van der Waals surface area contributed by atoms with E-state index in [4.69, 9.17) is 37.4 Å². The van der Waals surface area contributed by atoms with Gasteiger partial charge in [0.25, 0.3) is 11.7 Å². The number of aromatic nitrogens is 1. The van der Waals surface area contributed by atoms with Crippen LogP contribution in [-0.4, -0.2) is 48.6 Å². The lowest BCUT2D eigenvalue weighted by Crippen LogP contribution is -2.30. The van der Waals surface area contributed by atoms with Gasteiger partial charge in [-0.25, -0.2) is 4.79 Å². The first-order chi connectivity index (χ1) is 18.7. The lowest BCUT2D eigenvalue weighted by atomic mass is 9.97. The van der Waals surface area contributed by atoms with Gasteiger partial charge in [-0.2, -0.15) is 0 Å². The number of nitrogens with zero attached hydrogens (tertiary/aromatic N) is 2. The highest BCUT2D eigenvalue weighted by Gasteiger charge is 2.48. The maximum Gasteiger partial charge on any atom is 0.338 e. The zero-order chi connectivity index (χ0) is 28.3. The Hall–Kier alpha value is -4.08. The highest BCUT2D eigenvalue weighted by Crippen LogP contribution is 2.47. The minimum Gasteiger partial charge on any atom is -0.507 e. The molecule has 11 heteroatoms. The number of methoxy groups -OCH3 is 2. The van der Waals surface area contributed by atoms with Gasteiger partial charge >= 0.3 is 5.97 Å². The molecule has 1 fully saturated rings. The summed E-state index contributed by atoms with van der Waals surface area (Å²) in [5, 5.41) is 11.5. The molecule has 1 aromatic heterocycles. The summed E-state index contributed by atoms with van der Waals surface area (Å²) in [5.74, 6) is -2.96. The first-order valence-corrected chi connectivity index (χ1v) is 12.6. The molecule has 1 atom stereocenters. The van der Waals surface area contributed by atoms with E-state index in [1.165, 1.54) is 37.4 Å². The zero-order valence-corrected chi connectivity index (χ0v) is 22.7. The molecule has 202 valence electrons. The molecule has 0 bridgehead atoms. The van der Waals surface area contributed by atoms with Gasteiger partial charge in [0.2, 0.25) is 0 Å². The predicted octanol–water partition coefficient (Wildman–Crippen LogP) is 5.60. The van der Waals surface area contributed by atoms with Crippen LogP contribution in [0.4, 0.5) is 5.69 Å². The van der Waals surface area contributed by atoms with Gasteiger partial charge in [0.15, 0.2) is 11.5 Å². The number of carbonyl (C=O) groups is 3. The van der Waals surface area contributed by atoms with Gasteiger partial charge in [-0.3, -0.25) is 19.5 Å². The normalized spacial score (nSPS) is 16.3. The highest BCUT2D eigenvalue weighted by molar-refractivity contribution is 6.52. The van der Waals surface area contributed by atoms with E-state index in [1.54, 1.807) is 36.4 Å². The summed E-state index contributed by atoms with van der Waals surface area (Å²) >= 11 is 12.7. The van der Waals surface area contributed by atoms with Crippen molar-refractivity contribution in [2.45, 2.75) is 19.4 Å². The Balaban J connectivity index is 1.94. The molecule has 0 spiro atoms. The summed E-state index contributed by atoms with van der Waals surface area (Å²) in [7, 11) is 2.69. The molecule has 9 nitrogen and oxygen atoms in total. The van der Waals surface area contributed by atoms with Crippen molar-refractivity contribution in [2.24, 2.45) is 0 Å². The van der Waals surface area contributed by atoms with Gasteiger partial charge in [0, 0.05) is 11.9 Å². The van der Waals surface area contributed by atoms with E-state index in [0.29, 0.717) is 12.1 Å². The Bertz CT molecular complexity index is 1470. The number of aliphatic hydroxyl groups is 1. The molecule has 0 aliphatic carbocycles. The van der Waals surface area contributed by atoms with Crippen LogP contribution in [0.2, 0.25) is 10.0 Å². The first-order valence-electron chi connectivity index (χ1n) is 11.8. The number of aliphatic hydroxyl groups excluding tert-OH is 1. The predicted molar refractivity (Wildman–Crippen MR) is 146 cm³/mol. The lowest BCUT2D eigenvalue weighted by Gasteiger charge is -2.25. The van der Waals surface area contributed by atoms with Gasteiger partial charge in [-0.1, -0.05) is 42.3 Å². The number of esters is 1. The van der Waals surface area contributed by atoms with Crippen LogP contribution < -0.4 is 14.4 Å². The molecule has 2 heterocycles. The van der Waals surface area contributed by atoms with Crippen molar-refractivity contribution < 1.29 is 33.7 Å². The summed E-state index contributed by atoms with van der Waals surface area (Å²) < 4.78 is 15.8. The summed E-state index contributed by atoms with van der Waals surface area (Å²) in [6, 6.07) is 11.3. The van der Waals surface area contributed by atoms with Crippen molar-refractivity contribution in [3.63, 3.8) is 0 Å². The molecular formula is C28H24Cl2N2O7. The summed E-state index contributed by atoms with van der Waals surface area (Å²) in [5.41, 5.74) is 0.424. The van der Waals surface area contributed by atoms with E-state index in [0.717, 1.165) is 0 Å². The fraction of sp³-hybridized carbons (Fsp3) is 0.214. The average Bonchev–Trinajstić information content (AvgIpc) is 3.21. The van der Waals surface area contributed by atoms with E-state index < -0.39 is 29.5 Å². The highest BCUT2D eigenvalue weighted by atomic mass is 35.5. The number of rotatable bonds is 8. The third-order valence-corrected chi connectivity index (χ3v) is 6.63. The van der Waals surface area contributed by atoms with Crippen molar-refractivity contribution in [3.05, 3.63) is 87.2 Å². The zero-order valence-electron chi connectivity index (χ0n) is 21.2. The van der Waals surface area contributed by atoms with E-state index in [2.05, 4.69) is 4.98 Å². The van der Waals surface area contributed by atoms with Gasteiger partial charge in [0.05, 0.1) is 48.2 Å². The molecule has 1 amide bonds. The van der Waals surface area contributed by atoms with Crippen LogP contribution in [-0.2, 0) is 14.3 Å². The van der Waals surface area contributed by atoms with Gasteiger partial charge in [0.1, 0.15) is 16.8 Å². The molecular weight excluding hydrogens is 547 g/mol. The van der Waals surface area contributed by atoms with Crippen LogP contribution in [0.3, 0.4) is 0 Å². The number of benzene rings is 2. The number of hydrogen-bond acceptors (Lipinski definition) is 8. The second-order valence-corrected chi connectivity index (χ2v) is 9.18. The van der Waals surface area contributed by atoms with Crippen molar-refractivity contribution in [1.82, 2.24) is 4.98 Å². The van der Waals surface area contributed by atoms with Crippen LogP contribution in [0.5, 0.6) is 11.5 Å². The molecule has 3 aromatic rings. The first kappa shape index (κ1) is 27.9. The number of Topliss-reactive ketones (excluding diaryl/α,β-unsaturated/α-hetero) is 1. The smallest absolute Gasteiger partial charge is 0.338 e. The fourth-order valence-corrected chi connectivity index (χ4v) is 4.96. The lowest BCUT2D eigenvalue weighted by molar-refractivity contribution is -0.132. The molecule has 2 aromatic carbocycles. The summed E-state index contributed by atoms with van der Waals surface area (Å²) in [6.45, 7) is 2.10. The third kappa shape index (κ3) is 5.15. The second kappa shape index (κ2) is 11.8. The number of amides is 1.